The van der Waals surface area contributed by atoms with Crippen molar-refractivity contribution in [1.82, 2.24) is 10.2 Å². The number of hydrogen-bond acceptors (Lipinski definition) is 2. The van der Waals surface area contributed by atoms with E-state index in [1.165, 1.54) is 31.5 Å². The summed E-state index contributed by atoms with van der Waals surface area (Å²) in [6, 6.07) is 13.9. The lowest BCUT2D eigenvalue weighted by Gasteiger charge is -2.14. The van der Waals surface area contributed by atoms with E-state index in [9.17, 15) is 4.79 Å². The maximum Gasteiger partial charge on any atom is 0.220 e. The molecule has 26 heavy (non-hydrogen) atoms. The summed E-state index contributed by atoms with van der Waals surface area (Å²) in [7, 11) is 0. The molecule has 2 aromatic carbocycles. The van der Waals surface area contributed by atoms with Crippen molar-refractivity contribution in [3.63, 3.8) is 0 Å². The summed E-state index contributed by atoms with van der Waals surface area (Å²) in [5.74, 6) is 0.00197. The van der Waals surface area contributed by atoms with Crippen molar-refractivity contribution < 1.29 is 4.79 Å². The smallest absolute Gasteiger partial charge is 0.220 e. The van der Waals surface area contributed by atoms with Gasteiger partial charge in [0.05, 0.1) is 0 Å². The van der Waals surface area contributed by atoms with Gasteiger partial charge in [0.25, 0.3) is 0 Å². The molecule has 0 aliphatic carbocycles. The highest BCUT2D eigenvalue weighted by molar-refractivity contribution is 6.36. The van der Waals surface area contributed by atoms with E-state index in [0.717, 1.165) is 17.7 Å². The SMILES string of the molecule is O=C(CCc1c(Cl)cccc1Cl)NCc1ccc(CN2CCCC2)cc1. The van der Waals surface area contributed by atoms with E-state index in [0.29, 0.717) is 29.4 Å². The summed E-state index contributed by atoms with van der Waals surface area (Å²) >= 11 is 12.3. The van der Waals surface area contributed by atoms with Crippen molar-refractivity contribution in [1.29, 1.82) is 0 Å². The molecule has 0 unspecified atom stereocenters. The molecule has 1 saturated heterocycles. The largest absolute Gasteiger partial charge is 0.352 e. The number of carbonyl (C=O) groups is 1. The van der Waals surface area contributed by atoms with Gasteiger partial charge in [-0.2, -0.15) is 0 Å². The van der Waals surface area contributed by atoms with Crippen LogP contribution in [0.3, 0.4) is 0 Å². The summed E-state index contributed by atoms with van der Waals surface area (Å²) < 4.78 is 0. The molecule has 0 bridgehead atoms. The monoisotopic (exact) mass is 390 g/mol. The maximum absolute atomic E-state index is 12.1. The standard InChI is InChI=1S/C21H24Cl2N2O/c22-19-4-3-5-20(23)18(19)10-11-21(26)24-14-16-6-8-17(9-7-16)15-25-12-1-2-13-25/h3-9H,1-2,10-15H2,(H,24,26). The Morgan fingerprint density at radius 1 is 0.962 bits per heavy atom. The Morgan fingerprint density at radius 2 is 1.58 bits per heavy atom. The van der Waals surface area contributed by atoms with Gasteiger partial charge in [-0.1, -0.05) is 53.5 Å². The number of amides is 1. The Hall–Kier alpha value is -1.55. The van der Waals surface area contributed by atoms with E-state index < -0.39 is 0 Å². The van der Waals surface area contributed by atoms with E-state index in [1.54, 1.807) is 12.1 Å². The van der Waals surface area contributed by atoms with Crippen LogP contribution in [0.1, 0.15) is 36.0 Å². The molecule has 1 amide bonds. The van der Waals surface area contributed by atoms with Crippen molar-refractivity contribution in [3.05, 3.63) is 69.2 Å². The van der Waals surface area contributed by atoms with Gasteiger partial charge in [-0.05, 0) is 61.2 Å². The van der Waals surface area contributed by atoms with Gasteiger partial charge in [0.1, 0.15) is 0 Å². The lowest BCUT2D eigenvalue weighted by molar-refractivity contribution is -0.121. The minimum absolute atomic E-state index is 0.00197. The molecule has 3 nitrogen and oxygen atoms in total. The van der Waals surface area contributed by atoms with Gasteiger partial charge in [0, 0.05) is 29.6 Å². The van der Waals surface area contributed by atoms with Crippen molar-refractivity contribution in [3.8, 4) is 0 Å². The highest BCUT2D eigenvalue weighted by Gasteiger charge is 2.12. The molecule has 1 fully saturated rings. The zero-order chi connectivity index (χ0) is 18.4. The molecule has 3 rings (SSSR count). The third-order valence-electron chi connectivity index (χ3n) is 4.78. The Balaban J connectivity index is 1.44. The second-order valence-electron chi connectivity index (χ2n) is 6.78. The Kier molecular flexibility index (Phi) is 6.95. The number of rotatable bonds is 7. The molecule has 1 aliphatic heterocycles. The van der Waals surface area contributed by atoms with Crippen LogP contribution in [0.2, 0.25) is 10.0 Å². The third kappa shape index (κ3) is 5.47. The zero-order valence-electron chi connectivity index (χ0n) is 14.8. The van der Waals surface area contributed by atoms with Gasteiger partial charge >= 0.3 is 0 Å². The van der Waals surface area contributed by atoms with E-state index in [1.807, 2.05) is 6.07 Å². The third-order valence-corrected chi connectivity index (χ3v) is 5.49. The molecule has 0 atom stereocenters. The van der Waals surface area contributed by atoms with Crippen LogP contribution in [-0.2, 0) is 24.3 Å². The summed E-state index contributed by atoms with van der Waals surface area (Å²) in [4.78, 5) is 14.6. The first kappa shape index (κ1) is 19.2. The minimum atomic E-state index is 0.00197. The van der Waals surface area contributed by atoms with E-state index in [4.69, 9.17) is 23.2 Å². The molecule has 0 saturated carbocycles. The Morgan fingerprint density at radius 3 is 2.23 bits per heavy atom. The van der Waals surface area contributed by atoms with E-state index in [2.05, 4.69) is 34.5 Å². The lowest BCUT2D eigenvalue weighted by Crippen LogP contribution is -2.23. The quantitative estimate of drug-likeness (QED) is 0.733. The van der Waals surface area contributed by atoms with E-state index in [-0.39, 0.29) is 5.91 Å². The first-order valence-corrected chi connectivity index (χ1v) is 9.87. The number of likely N-dealkylation sites (tertiary alicyclic amines) is 1. The lowest BCUT2D eigenvalue weighted by atomic mass is 10.1. The predicted octanol–water partition coefficient (Wildman–Crippen LogP) is 4.84. The zero-order valence-corrected chi connectivity index (χ0v) is 16.3. The average Bonchev–Trinajstić information content (AvgIpc) is 3.14. The predicted molar refractivity (Wildman–Crippen MR) is 108 cm³/mol. The number of hydrogen-bond donors (Lipinski definition) is 1. The maximum atomic E-state index is 12.1. The van der Waals surface area contributed by atoms with Crippen molar-refractivity contribution in [2.75, 3.05) is 13.1 Å². The van der Waals surface area contributed by atoms with Crippen LogP contribution in [0, 0.1) is 0 Å². The topological polar surface area (TPSA) is 32.3 Å². The van der Waals surface area contributed by atoms with Gasteiger partial charge in [0.15, 0.2) is 0 Å². The van der Waals surface area contributed by atoms with Gasteiger partial charge in [0.2, 0.25) is 5.91 Å². The van der Waals surface area contributed by atoms with Crippen LogP contribution in [-0.4, -0.2) is 23.9 Å². The number of nitrogens with one attached hydrogen (secondary N) is 1. The molecule has 1 N–H and O–H groups in total. The second kappa shape index (κ2) is 9.40. The van der Waals surface area contributed by atoms with Gasteiger partial charge < -0.3 is 5.32 Å². The molecule has 2 aromatic rings. The summed E-state index contributed by atoms with van der Waals surface area (Å²) in [5.41, 5.74) is 3.27. The van der Waals surface area contributed by atoms with Crippen LogP contribution in [0.4, 0.5) is 0 Å². The molecular weight excluding hydrogens is 367 g/mol. The molecule has 138 valence electrons. The highest BCUT2D eigenvalue weighted by atomic mass is 35.5. The molecule has 0 radical (unpaired) electrons. The number of halogens is 2. The minimum Gasteiger partial charge on any atom is -0.352 e. The number of nitrogens with zero attached hydrogens (tertiary/aromatic N) is 1. The molecular formula is C21H24Cl2N2O. The van der Waals surface area contributed by atoms with Crippen LogP contribution >= 0.6 is 23.2 Å². The molecule has 1 aliphatic rings. The van der Waals surface area contributed by atoms with Crippen LogP contribution in [0.15, 0.2) is 42.5 Å². The van der Waals surface area contributed by atoms with Crippen molar-refractivity contribution in [2.24, 2.45) is 0 Å². The van der Waals surface area contributed by atoms with Crippen LogP contribution in [0.25, 0.3) is 0 Å². The second-order valence-corrected chi connectivity index (χ2v) is 7.59. The number of carbonyl (C=O) groups excluding carboxylic acids is 1. The Labute approximate surface area is 165 Å². The molecule has 0 spiro atoms. The van der Waals surface area contributed by atoms with Crippen molar-refractivity contribution >= 4 is 29.1 Å². The van der Waals surface area contributed by atoms with Gasteiger partial charge in [-0.25, -0.2) is 0 Å². The fourth-order valence-electron chi connectivity index (χ4n) is 3.26. The van der Waals surface area contributed by atoms with Gasteiger partial charge in [-0.15, -0.1) is 0 Å². The average molecular weight is 391 g/mol. The van der Waals surface area contributed by atoms with Crippen molar-refractivity contribution in [2.45, 2.75) is 38.8 Å². The van der Waals surface area contributed by atoms with Crippen LogP contribution < -0.4 is 5.32 Å². The first-order valence-electron chi connectivity index (χ1n) is 9.11. The first-order chi connectivity index (χ1) is 12.6. The summed E-state index contributed by atoms with van der Waals surface area (Å²) in [5, 5.41) is 4.19. The summed E-state index contributed by atoms with van der Waals surface area (Å²) in [6.45, 7) is 3.96. The molecule has 0 aromatic heterocycles. The normalized spacial score (nSPS) is 14.5. The summed E-state index contributed by atoms with van der Waals surface area (Å²) in [6.07, 6.45) is 3.53. The van der Waals surface area contributed by atoms with Gasteiger partial charge in [-0.3, -0.25) is 9.69 Å². The fraction of sp³-hybridized carbons (Fsp3) is 0.381. The highest BCUT2D eigenvalue weighted by Crippen LogP contribution is 2.25. The van der Waals surface area contributed by atoms with Crippen LogP contribution in [0.5, 0.6) is 0 Å². The molecule has 1 heterocycles. The molecule has 5 heteroatoms. The fourth-order valence-corrected chi connectivity index (χ4v) is 3.85. The van der Waals surface area contributed by atoms with E-state index >= 15 is 0 Å². The Bertz CT molecular complexity index is 720. The number of benzene rings is 2.